The molecule has 0 bridgehead atoms. The SMILES string of the molecule is COC(=O)c1ccc2cc(OC3CCN(C(C)C)CC3)ccc2c1. The summed E-state index contributed by atoms with van der Waals surface area (Å²) in [5, 5.41) is 2.08. The molecule has 0 aliphatic carbocycles. The van der Waals surface area contributed by atoms with Crippen molar-refractivity contribution in [3.05, 3.63) is 42.0 Å². The number of benzene rings is 2. The maximum atomic E-state index is 11.6. The zero-order chi connectivity index (χ0) is 17.1. The lowest BCUT2D eigenvalue weighted by Crippen LogP contribution is -2.41. The highest BCUT2D eigenvalue weighted by atomic mass is 16.5. The van der Waals surface area contributed by atoms with Gasteiger partial charge in [0.15, 0.2) is 0 Å². The van der Waals surface area contributed by atoms with E-state index in [-0.39, 0.29) is 12.1 Å². The molecule has 1 aliphatic heterocycles. The van der Waals surface area contributed by atoms with Crippen LogP contribution in [0.1, 0.15) is 37.0 Å². The molecule has 128 valence electrons. The van der Waals surface area contributed by atoms with Gasteiger partial charge in [-0.1, -0.05) is 12.1 Å². The van der Waals surface area contributed by atoms with Crippen LogP contribution < -0.4 is 4.74 Å². The standard InChI is InChI=1S/C20H25NO3/c1-14(2)21-10-8-18(9-11-21)24-19-7-6-15-12-17(20(22)23-3)5-4-16(15)13-19/h4-7,12-14,18H,8-11H2,1-3H3. The first-order valence-electron chi connectivity index (χ1n) is 8.59. The Balaban J connectivity index is 1.69. The number of likely N-dealkylation sites (tertiary alicyclic amines) is 1. The fraction of sp³-hybridized carbons (Fsp3) is 0.450. The molecule has 2 aromatic carbocycles. The first-order valence-corrected chi connectivity index (χ1v) is 8.59. The van der Waals surface area contributed by atoms with Crippen LogP contribution in [-0.4, -0.2) is 43.2 Å². The fourth-order valence-electron chi connectivity index (χ4n) is 3.24. The van der Waals surface area contributed by atoms with Gasteiger partial charge in [0.1, 0.15) is 11.9 Å². The first-order chi connectivity index (χ1) is 11.6. The molecule has 0 atom stereocenters. The van der Waals surface area contributed by atoms with Crippen LogP contribution in [0, 0.1) is 0 Å². The number of methoxy groups -OCH3 is 1. The summed E-state index contributed by atoms with van der Waals surface area (Å²) in [4.78, 5) is 14.1. The van der Waals surface area contributed by atoms with E-state index in [1.165, 1.54) is 7.11 Å². The van der Waals surface area contributed by atoms with Gasteiger partial charge in [-0.3, -0.25) is 0 Å². The van der Waals surface area contributed by atoms with E-state index in [9.17, 15) is 4.79 Å². The minimum atomic E-state index is -0.311. The molecule has 0 amide bonds. The van der Waals surface area contributed by atoms with Gasteiger partial charge in [0.25, 0.3) is 0 Å². The van der Waals surface area contributed by atoms with Gasteiger partial charge in [-0.2, -0.15) is 0 Å². The maximum absolute atomic E-state index is 11.6. The Morgan fingerprint density at radius 1 is 1.08 bits per heavy atom. The lowest BCUT2D eigenvalue weighted by atomic mass is 10.1. The number of carbonyl (C=O) groups excluding carboxylic acids is 1. The van der Waals surface area contributed by atoms with Crippen LogP contribution in [0.25, 0.3) is 10.8 Å². The van der Waals surface area contributed by atoms with Gasteiger partial charge in [0, 0.05) is 19.1 Å². The predicted octanol–water partition coefficient (Wildman–Crippen LogP) is 3.88. The number of rotatable bonds is 4. The first kappa shape index (κ1) is 16.8. The largest absolute Gasteiger partial charge is 0.490 e. The number of carbonyl (C=O) groups is 1. The van der Waals surface area contributed by atoms with Gasteiger partial charge in [-0.15, -0.1) is 0 Å². The molecule has 1 heterocycles. The molecule has 0 aromatic heterocycles. The molecule has 1 saturated heterocycles. The Hall–Kier alpha value is -2.07. The predicted molar refractivity (Wildman–Crippen MR) is 95.6 cm³/mol. The van der Waals surface area contributed by atoms with Crippen molar-refractivity contribution >= 4 is 16.7 Å². The summed E-state index contributed by atoms with van der Waals surface area (Å²) in [6.45, 7) is 6.68. The van der Waals surface area contributed by atoms with Crippen molar-refractivity contribution in [2.75, 3.05) is 20.2 Å². The monoisotopic (exact) mass is 327 g/mol. The summed E-state index contributed by atoms with van der Waals surface area (Å²) < 4.78 is 10.9. The highest BCUT2D eigenvalue weighted by Crippen LogP contribution is 2.25. The van der Waals surface area contributed by atoms with Gasteiger partial charge in [0.05, 0.1) is 12.7 Å². The van der Waals surface area contributed by atoms with Gasteiger partial charge in [-0.25, -0.2) is 4.79 Å². The third-order valence-electron chi connectivity index (χ3n) is 4.74. The Bertz CT molecular complexity index is 718. The van der Waals surface area contributed by atoms with E-state index in [0.717, 1.165) is 42.5 Å². The van der Waals surface area contributed by atoms with Gasteiger partial charge >= 0.3 is 5.97 Å². The molecule has 24 heavy (non-hydrogen) atoms. The Morgan fingerprint density at radius 2 is 1.75 bits per heavy atom. The van der Waals surface area contributed by atoms with Crippen molar-refractivity contribution in [1.29, 1.82) is 0 Å². The van der Waals surface area contributed by atoms with Crippen LogP contribution in [0.5, 0.6) is 5.75 Å². The summed E-state index contributed by atoms with van der Waals surface area (Å²) in [5.41, 5.74) is 0.569. The van der Waals surface area contributed by atoms with Crippen LogP contribution in [0.2, 0.25) is 0 Å². The molecule has 0 saturated carbocycles. The maximum Gasteiger partial charge on any atom is 0.337 e. The minimum absolute atomic E-state index is 0.284. The summed E-state index contributed by atoms with van der Waals surface area (Å²) in [5.74, 6) is 0.588. The Morgan fingerprint density at radius 3 is 2.42 bits per heavy atom. The Kier molecular flexibility index (Phi) is 5.05. The van der Waals surface area contributed by atoms with Crippen molar-refractivity contribution in [1.82, 2.24) is 4.90 Å². The van der Waals surface area contributed by atoms with E-state index in [0.29, 0.717) is 11.6 Å². The van der Waals surface area contributed by atoms with E-state index in [1.54, 1.807) is 6.07 Å². The molecule has 1 fully saturated rings. The van der Waals surface area contributed by atoms with Crippen molar-refractivity contribution in [3.63, 3.8) is 0 Å². The number of hydrogen-bond acceptors (Lipinski definition) is 4. The van der Waals surface area contributed by atoms with Crippen LogP contribution in [-0.2, 0) is 4.74 Å². The van der Waals surface area contributed by atoms with Gasteiger partial charge in [-0.05, 0) is 61.7 Å². The smallest absolute Gasteiger partial charge is 0.337 e. The molecule has 0 spiro atoms. The molecule has 4 heteroatoms. The zero-order valence-electron chi connectivity index (χ0n) is 14.6. The van der Waals surface area contributed by atoms with E-state index < -0.39 is 0 Å². The average molecular weight is 327 g/mol. The van der Waals surface area contributed by atoms with Crippen molar-refractivity contribution < 1.29 is 14.3 Å². The molecule has 3 rings (SSSR count). The second-order valence-electron chi connectivity index (χ2n) is 6.66. The van der Waals surface area contributed by atoms with E-state index in [4.69, 9.17) is 9.47 Å². The van der Waals surface area contributed by atoms with Crippen LogP contribution in [0.15, 0.2) is 36.4 Å². The number of fused-ring (bicyclic) bond motifs is 1. The van der Waals surface area contributed by atoms with Gasteiger partial charge in [0.2, 0.25) is 0 Å². The van der Waals surface area contributed by atoms with Crippen LogP contribution >= 0.6 is 0 Å². The molecule has 0 N–H and O–H groups in total. The van der Waals surface area contributed by atoms with Gasteiger partial charge < -0.3 is 14.4 Å². The zero-order valence-corrected chi connectivity index (χ0v) is 14.6. The number of nitrogens with zero attached hydrogens (tertiary/aromatic N) is 1. The molecule has 2 aromatic rings. The molecule has 0 unspecified atom stereocenters. The minimum Gasteiger partial charge on any atom is -0.490 e. The number of hydrogen-bond donors (Lipinski definition) is 0. The van der Waals surface area contributed by atoms with E-state index in [2.05, 4.69) is 18.7 Å². The van der Waals surface area contributed by atoms with E-state index >= 15 is 0 Å². The lowest BCUT2D eigenvalue weighted by molar-refractivity contribution is 0.0601. The van der Waals surface area contributed by atoms with Crippen molar-refractivity contribution in [2.24, 2.45) is 0 Å². The normalized spacial score (nSPS) is 16.5. The third kappa shape index (κ3) is 3.70. The van der Waals surface area contributed by atoms with Crippen LogP contribution in [0.4, 0.5) is 0 Å². The topological polar surface area (TPSA) is 38.8 Å². The van der Waals surface area contributed by atoms with Crippen molar-refractivity contribution in [3.8, 4) is 5.75 Å². The molecule has 0 radical (unpaired) electrons. The second kappa shape index (κ2) is 7.22. The van der Waals surface area contributed by atoms with Crippen LogP contribution in [0.3, 0.4) is 0 Å². The number of piperidine rings is 1. The summed E-state index contributed by atoms with van der Waals surface area (Å²) >= 11 is 0. The lowest BCUT2D eigenvalue weighted by Gasteiger charge is -2.34. The van der Waals surface area contributed by atoms with Crippen molar-refractivity contribution in [2.45, 2.75) is 38.8 Å². The molecule has 1 aliphatic rings. The number of esters is 1. The summed E-state index contributed by atoms with van der Waals surface area (Å²) in [6, 6.07) is 12.2. The fourth-order valence-corrected chi connectivity index (χ4v) is 3.24. The highest BCUT2D eigenvalue weighted by molar-refractivity contribution is 5.95. The highest BCUT2D eigenvalue weighted by Gasteiger charge is 2.22. The summed E-state index contributed by atoms with van der Waals surface area (Å²) in [7, 11) is 1.40. The average Bonchev–Trinajstić information content (AvgIpc) is 2.61. The van der Waals surface area contributed by atoms with E-state index in [1.807, 2.05) is 30.3 Å². The second-order valence-corrected chi connectivity index (χ2v) is 6.66. The molecular weight excluding hydrogens is 302 g/mol. The third-order valence-corrected chi connectivity index (χ3v) is 4.74. The summed E-state index contributed by atoms with van der Waals surface area (Å²) in [6.07, 6.45) is 2.42. The number of ether oxygens (including phenoxy) is 2. The molecule has 4 nitrogen and oxygen atoms in total. The Labute approximate surface area is 143 Å². The molecular formula is C20H25NO3. The quantitative estimate of drug-likeness (QED) is 0.799.